The first-order chi connectivity index (χ1) is 9.60. The van der Waals surface area contributed by atoms with E-state index >= 15 is 0 Å². The molecule has 1 saturated heterocycles. The molecule has 0 aliphatic carbocycles. The Morgan fingerprint density at radius 1 is 1.45 bits per heavy atom. The van der Waals surface area contributed by atoms with Crippen molar-refractivity contribution in [1.29, 1.82) is 0 Å². The van der Waals surface area contributed by atoms with Crippen LogP contribution in [0.2, 0.25) is 0 Å². The Bertz CT molecular complexity index is 471. The Labute approximate surface area is 118 Å². The minimum atomic E-state index is -0.381. The van der Waals surface area contributed by atoms with Gasteiger partial charge >= 0.3 is 0 Å². The lowest BCUT2D eigenvalue weighted by Gasteiger charge is -2.31. The van der Waals surface area contributed by atoms with Crippen LogP contribution in [-0.4, -0.2) is 36.6 Å². The first-order valence-electron chi connectivity index (χ1n) is 6.84. The molecule has 1 heterocycles. The van der Waals surface area contributed by atoms with Crippen molar-refractivity contribution in [3.63, 3.8) is 0 Å². The van der Waals surface area contributed by atoms with Crippen LogP contribution in [0.3, 0.4) is 0 Å². The van der Waals surface area contributed by atoms with Gasteiger partial charge in [0.25, 0.3) is 5.69 Å². The highest BCUT2D eigenvalue weighted by Gasteiger charge is 2.20. The largest absolute Gasteiger partial charge is 0.398 e. The van der Waals surface area contributed by atoms with E-state index in [2.05, 4.69) is 4.90 Å². The lowest BCUT2D eigenvalue weighted by atomic mass is 9.97. The summed E-state index contributed by atoms with van der Waals surface area (Å²) in [5.74, 6) is 0.624. The summed E-state index contributed by atoms with van der Waals surface area (Å²) in [4.78, 5) is 12.7. The molecule has 6 heteroatoms. The van der Waals surface area contributed by atoms with Gasteiger partial charge in [-0.15, -0.1) is 0 Å². The van der Waals surface area contributed by atoms with Gasteiger partial charge in [-0.2, -0.15) is 0 Å². The molecule has 6 nitrogen and oxygen atoms in total. The van der Waals surface area contributed by atoms with Crippen LogP contribution in [0.4, 0.5) is 11.4 Å². The van der Waals surface area contributed by atoms with E-state index in [9.17, 15) is 10.1 Å². The molecular weight excluding hydrogens is 258 g/mol. The van der Waals surface area contributed by atoms with Crippen molar-refractivity contribution in [1.82, 2.24) is 4.90 Å². The highest BCUT2D eigenvalue weighted by molar-refractivity contribution is 5.52. The number of nitrogen functional groups attached to an aromatic ring is 1. The van der Waals surface area contributed by atoms with Gasteiger partial charge in [-0.05, 0) is 43.5 Å². The smallest absolute Gasteiger partial charge is 0.269 e. The van der Waals surface area contributed by atoms with Gasteiger partial charge in [0.05, 0.1) is 4.92 Å². The topological polar surface area (TPSA) is 81.6 Å². The second-order valence-electron chi connectivity index (χ2n) is 5.32. The number of piperidine rings is 1. The Hall–Kier alpha value is -1.66. The number of anilines is 1. The number of nitrogens with zero attached hydrogens (tertiary/aromatic N) is 2. The maximum Gasteiger partial charge on any atom is 0.269 e. The molecule has 20 heavy (non-hydrogen) atoms. The lowest BCUT2D eigenvalue weighted by molar-refractivity contribution is -0.384. The molecule has 0 saturated carbocycles. The van der Waals surface area contributed by atoms with E-state index < -0.39 is 0 Å². The molecule has 0 spiro atoms. The van der Waals surface area contributed by atoms with E-state index in [4.69, 9.17) is 10.5 Å². The molecule has 2 rings (SSSR count). The molecule has 1 aromatic carbocycles. The van der Waals surface area contributed by atoms with Crippen molar-refractivity contribution >= 4 is 11.4 Å². The molecule has 1 aromatic rings. The third-order valence-electron chi connectivity index (χ3n) is 3.84. The fraction of sp³-hybridized carbons (Fsp3) is 0.571. The van der Waals surface area contributed by atoms with Crippen LogP contribution in [0.5, 0.6) is 0 Å². The fourth-order valence-corrected chi connectivity index (χ4v) is 2.63. The van der Waals surface area contributed by atoms with Gasteiger partial charge in [-0.1, -0.05) is 0 Å². The van der Waals surface area contributed by atoms with Crippen molar-refractivity contribution in [2.75, 3.05) is 32.5 Å². The van der Waals surface area contributed by atoms with Crippen LogP contribution in [-0.2, 0) is 11.3 Å². The summed E-state index contributed by atoms with van der Waals surface area (Å²) < 4.78 is 5.18. The summed E-state index contributed by atoms with van der Waals surface area (Å²) >= 11 is 0. The van der Waals surface area contributed by atoms with E-state index in [1.807, 2.05) is 0 Å². The number of hydrogen-bond donors (Lipinski definition) is 1. The zero-order valence-electron chi connectivity index (χ0n) is 11.7. The molecule has 0 bridgehead atoms. The maximum atomic E-state index is 10.8. The summed E-state index contributed by atoms with van der Waals surface area (Å²) in [6.07, 6.45) is 2.20. The average molecular weight is 279 g/mol. The SMILES string of the molecule is COCC1CCN(Cc2cc([N+](=O)[O-])ccc2N)CC1. The van der Waals surface area contributed by atoms with E-state index in [1.165, 1.54) is 6.07 Å². The van der Waals surface area contributed by atoms with Gasteiger partial charge < -0.3 is 10.5 Å². The fourth-order valence-electron chi connectivity index (χ4n) is 2.63. The van der Waals surface area contributed by atoms with Crippen LogP contribution < -0.4 is 5.73 Å². The molecule has 0 aromatic heterocycles. The molecule has 0 atom stereocenters. The van der Waals surface area contributed by atoms with Crippen LogP contribution in [0.1, 0.15) is 18.4 Å². The van der Waals surface area contributed by atoms with Crippen molar-refractivity contribution in [2.45, 2.75) is 19.4 Å². The van der Waals surface area contributed by atoms with Gasteiger partial charge in [0.2, 0.25) is 0 Å². The third kappa shape index (κ3) is 3.68. The Balaban J connectivity index is 1.97. The van der Waals surface area contributed by atoms with Gasteiger partial charge in [0, 0.05) is 38.1 Å². The molecule has 110 valence electrons. The summed E-state index contributed by atoms with van der Waals surface area (Å²) in [7, 11) is 1.73. The summed E-state index contributed by atoms with van der Waals surface area (Å²) in [6.45, 7) is 3.45. The second-order valence-corrected chi connectivity index (χ2v) is 5.32. The molecule has 0 radical (unpaired) electrons. The number of rotatable bonds is 5. The minimum Gasteiger partial charge on any atom is -0.398 e. The first-order valence-corrected chi connectivity index (χ1v) is 6.84. The van der Waals surface area contributed by atoms with Gasteiger partial charge in [-0.25, -0.2) is 0 Å². The number of likely N-dealkylation sites (tertiary alicyclic amines) is 1. The van der Waals surface area contributed by atoms with Crippen LogP contribution >= 0.6 is 0 Å². The third-order valence-corrected chi connectivity index (χ3v) is 3.84. The van der Waals surface area contributed by atoms with Gasteiger partial charge in [0.1, 0.15) is 0 Å². The van der Waals surface area contributed by atoms with E-state index in [-0.39, 0.29) is 10.6 Å². The zero-order chi connectivity index (χ0) is 14.5. The van der Waals surface area contributed by atoms with Crippen LogP contribution in [0.15, 0.2) is 18.2 Å². The molecule has 0 unspecified atom stereocenters. The quantitative estimate of drug-likeness (QED) is 0.506. The number of benzene rings is 1. The predicted molar refractivity (Wildman–Crippen MR) is 77.4 cm³/mol. The maximum absolute atomic E-state index is 10.8. The standard InChI is InChI=1S/C14H21N3O3/c1-20-10-11-4-6-16(7-5-11)9-12-8-13(17(18)19)2-3-14(12)15/h2-3,8,11H,4-7,9-10,15H2,1H3. The highest BCUT2D eigenvalue weighted by Crippen LogP contribution is 2.24. The lowest BCUT2D eigenvalue weighted by Crippen LogP contribution is -2.34. The first kappa shape index (κ1) is 14.7. The number of hydrogen-bond acceptors (Lipinski definition) is 5. The Morgan fingerprint density at radius 2 is 2.15 bits per heavy atom. The van der Waals surface area contributed by atoms with Gasteiger partial charge in [-0.3, -0.25) is 15.0 Å². The zero-order valence-corrected chi connectivity index (χ0v) is 11.7. The number of non-ortho nitro benzene ring substituents is 1. The number of ether oxygens (including phenoxy) is 1. The van der Waals surface area contributed by atoms with E-state index in [0.717, 1.165) is 38.1 Å². The predicted octanol–water partition coefficient (Wildman–Crippen LogP) is 2.04. The molecular formula is C14H21N3O3. The molecule has 2 N–H and O–H groups in total. The average Bonchev–Trinajstić information content (AvgIpc) is 2.43. The van der Waals surface area contributed by atoms with Crippen LogP contribution in [0.25, 0.3) is 0 Å². The molecule has 1 aliphatic rings. The Morgan fingerprint density at radius 3 is 2.75 bits per heavy atom. The van der Waals surface area contributed by atoms with Crippen molar-refractivity contribution in [2.24, 2.45) is 5.92 Å². The number of nitro groups is 1. The van der Waals surface area contributed by atoms with E-state index in [1.54, 1.807) is 19.2 Å². The second kappa shape index (κ2) is 6.67. The summed E-state index contributed by atoms with van der Waals surface area (Å²) in [5.41, 5.74) is 7.47. The summed E-state index contributed by atoms with van der Waals surface area (Å²) in [6, 6.07) is 4.64. The molecule has 1 aliphatic heterocycles. The van der Waals surface area contributed by atoms with Crippen molar-refractivity contribution in [3.8, 4) is 0 Å². The van der Waals surface area contributed by atoms with E-state index in [0.29, 0.717) is 18.2 Å². The number of nitro benzene ring substituents is 1. The number of nitrogens with two attached hydrogens (primary N) is 1. The summed E-state index contributed by atoms with van der Waals surface area (Å²) in [5, 5.41) is 10.8. The Kier molecular flexibility index (Phi) is 4.92. The van der Waals surface area contributed by atoms with Crippen LogP contribution in [0, 0.1) is 16.0 Å². The minimum absolute atomic E-state index is 0.100. The normalized spacial score (nSPS) is 17.2. The molecule has 1 fully saturated rings. The highest BCUT2D eigenvalue weighted by atomic mass is 16.6. The number of methoxy groups -OCH3 is 1. The van der Waals surface area contributed by atoms with Crippen molar-refractivity contribution < 1.29 is 9.66 Å². The van der Waals surface area contributed by atoms with Crippen molar-refractivity contribution in [3.05, 3.63) is 33.9 Å². The van der Waals surface area contributed by atoms with Gasteiger partial charge in [0.15, 0.2) is 0 Å². The monoisotopic (exact) mass is 279 g/mol. The molecule has 0 amide bonds.